The van der Waals surface area contributed by atoms with Crippen LogP contribution in [0.4, 0.5) is 17.1 Å². The molecule has 9 aromatic carbocycles. The summed E-state index contributed by atoms with van der Waals surface area (Å²) in [5, 5.41) is 16.7. The molecule has 0 aliphatic rings. The normalized spacial score (nSPS) is 11.5. The van der Waals surface area contributed by atoms with Crippen molar-refractivity contribution >= 4 is 72.9 Å². The maximum absolute atomic E-state index is 12.3. The molecular formula is C58H48BNO2. The van der Waals surface area contributed by atoms with Crippen molar-refractivity contribution in [1.29, 1.82) is 0 Å². The molecule has 0 radical (unpaired) electrons. The largest absolute Gasteiger partial charge is 0.507 e. The lowest BCUT2D eigenvalue weighted by molar-refractivity contribution is 0.477. The molecule has 0 unspecified atom stereocenters. The second-order valence-corrected chi connectivity index (χ2v) is 17.0. The molecule has 0 spiro atoms. The molecule has 3 nitrogen and oxygen atoms in total. The second-order valence-electron chi connectivity index (χ2n) is 17.0. The minimum absolute atomic E-state index is 0.0188. The van der Waals surface area contributed by atoms with Gasteiger partial charge in [0.25, 0.3) is 0 Å². The van der Waals surface area contributed by atoms with E-state index in [1.165, 1.54) is 55.2 Å². The average Bonchev–Trinajstić information content (AvgIpc) is 3.65. The van der Waals surface area contributed by atoms with Gasteiger partial charge >= 0.3 is 0 Å². The molecule has 10 aromatic rings. The van der Waals surface area contributed by atoms with E-state index in [0.29, 0.717) is 0 Å². The summed E-state index contributed by atoms with van der Waals surface area (Å²) in [6.07, 6.45) is 0. The lowest BCUT2D eigenvalue weighted by Crippen LogP contribution is -2.56. The van der Waals surface area contributed by atoms with Gasteiger partial charge in [-0.25, -0.2) is 0 Å². The highest BCUT2D eigenvalue weighted by Crippen LogP contribution is 2.47. The molecule has 1 heterocycles. The van der Waals surface area contributed by atoms with Crippen LogP contribution in [0.15, 0.2) is 180 Å². The Balaban J connectivity index is 1.16. The Kier molecular flexibility index (Phi) is 9.80. The predicted octanol–water partition coefficient (Wildman–Crippen LogP) is 13.6. The zero-order chi connectivity index (χ0) is 42.6. The maximum Gasteiger partial charge on any atom is 0.243 e. The van der Waals surface area contributed by atoms with Gasteiger partial charge in [0.1, 0.15) is 11.3 Å². The van der Waals surface area contributed by atoms with E-state index in [9.17, 15) is 5.11 Å². The SMILES string of the molecule is Cc1cc(C)c(B(c2c(C)cc(C)cc2C)c2ccc(-c3ccc(N(c4ccccc4-c4ccccc4)c4cccc5c4oc4ccccc45)cc3O)c3ccccc23)c(C)c1. The third-order valence-electron chi connectivity index (χ3n) is 12.7. The van der Waals surface area contributed by atoms with E-state index < -0.39 is 0 Å². The Morgan fingerprint density at radius 1 is 0.435 bits per heavy atom. The lowest BCUT2D eigenvalue weighted by Gasteiger charge is -2.28. The fraction of sp³-hybridized carbons (Fsp3) is 0.103. The molecule has 0 aliphatic heterocycles. The van der Waals surface area contributed by atoms with Crippen LogP contribution in [0.2, 0.25) is 0 Å². The quantitative estimate of drug-likeness (QED) is 0.156. The molecular weight excluding hydrogens is 753 g/mol. The molecule has 0 atom stereocenters. The van der Waals surface area contributed by atoms with Gasteiger partial charge in [-0.1, -0.05) is 189 Å². The van der Waals surface area contributed by atoms with Crippen LogP contribution in [0.1, 0.15) is 33.4 Å². The Labute approximate surface area is 364 Å². The minimum atomic E-state index is 0.0188. The van der Waals surface area contributed by atoms with Gasteiger partial charge in [0, 0.05) is 28.0 Å². The van der Waals surface area contributed by atoms with E-state index in [1.54, 1.807) is 0 Å². The van der Waals surface area contributed by atoms with E-state index in [2.05, 4.69) is 198 Å². The van der Waals surface area contributed by atoms with Crippen molar-refractivity contribution in [3.8, 4) is 28.0 Å². The second kappa shape index (κ2) is 15.6. The summed E-state index contributed by atoms with van der Waals surface area (Å²) < 4.78 is 6.66. The van der Waals surface area contributed by atoms with Crippen molar-refractivity contribution in [3.05, 3.63) is 209 Å². The van der Waals surface area contributed by atoms with Gasteiger partial charge < -0.3 is 14.4 Å². The van der Waals surface area contributed by atoms with Crippen LogP contribution in [-0.2, 0) is 0 Å². The number of aromatic hydroxyl groups is 1. The third kappa shape index (κ3) is 6.64. The van der Waals surface area contributed by atoms with E-state index in [4.69, 9.17) is 4.42 Å². The number of benzene rings is 9. The summed E-state index contributed by atoms with van der Waals surface area (Å²) in [6.45, 7) is 13.4. The van der Waals surface area contributed by atoms with Crippen LogP contribution in [0.5, 0.6) is 5.75 Å². The van der Waals surface area contributed by atoms with E-state index >= 15 is 0 Å². The molecule has 0 fully saturated rings. The van der Waals surface area contributed by atoms with Gasteiger partial charge in [0.15, 0.2) is 5.58 Å². The highest BCUT2D eigenvalue weighted by atomic mass is 16.3. The molecule has 0 bridgehead atoms. The summed E-state index contributed by atoms with van der Waals surface area (Å²) in [4.78, 5) is 2.22. The summed E-state index contributed by atoms with van der Waals surface area (Å²) >= 11 is 0. The number of hydrogen-bond acceptors (Lipinski definition) is 3. The molecule has 300 valence electrons. The van der Waals surface area contributed by atoms with Gasteiger partial charge in [0.2, 0.25) is 6.71 Å². The lowest BCUT2D eigenvalue weighted by atomic mass is 9.33. The summed E-state index contributed by atoms with van der Waals surface area (Å²) in [6, 6.07) is 62.0. The van der Waals surface area contributed by atoms with E-state index in [0.717, 1.165) is 66.6 Å². The Morgan fingerprint density at radius 2 is 0.984 bits per heavy atom. The molecule has 0 aliphatic carbocycles. The predicted molar refractivity (Wildman–Crippen MR) is 264 cm³/mol. The monoisotopic (exact) mass is 801 g/mol. The number of hydrogen-bond donors (Lipinski definition) is 1. The first-order valence-electron chi connectivity index (χ1n) is 21.5. The van der Waals surface area contributed by atoms with Crippen LogP contribution in [0.25, 0.3) is 55.0 Å². The van der Waals surface area contributed by atoms with Crippen LogP contribution in [0.3, 0.4) is 0 Å². The van der Waals surface area contributed by atoms with Crippen molar-refractivity contribution < 1.29 is 9.52 Å². The van der Waals surface area contributed by atoms with Crippen molar-refractivity contribution in [2.75, 3.05) is 4.90 Å². The van der Waals surface area contributed by atoms with Crippen LogP contribution < -0.4 is 21.3 Å². The smallest absolute Gasteiger partial charge is 0.243 e. The zero-order valence-electron chi connectivity index (χ0n) is 36.1. The number of fused-ring (bicyclic) bond motifs is 4. The van der Waals surface area contributed by atoms with Gasteiger partial charge in [-0.3, -0.25) is 0 Å². The fourth-order valence-electron chi connectivity index (χ4n) is 10.3. The molecule has 0 saturated heterocycles. The number of phenols is 1. The third-order valence-corrected chi connectivity index (χ3v) is 12.7. The van der Waals surface area contributed by atoms with Gasteiger partial charge in [0.05, 0.1) is 17.1 Å². The first-order chi connectivity index (χ1) is 30.2. The first-order valence-corrected chi connectivity index (χ1v) is 21.5. The van der Waals surface area contributed by atoms with Gasteiger partial charge in [-0.15, -0.1) is 0 Å². The van der Waals surface area contributed by atoms with Crippen LogP contribution in [-0.4, -0.2) is 11.8 Å². The Hall–Kier alpha value is -7.30. The molecule has 4 heteroatoms. The van der Waals surface area contributed by atoms with E-state index in [1.807, 2.05) is 24.3 Å². The molecule has 62 heavy (non-hydrogen) atoms. The standard InChI is InChI=1S/C58H48BNO2/c1-36-31-38(3)56(39(4)32-36)59(57-40(5)33-37(2)34-41(57)6)51-30-29-46(45-20-10-11-21-47(45)51)48-28-27-43(35-54(48)61)60(52-24-14-12-19-44(52)42-17-8-7-9-18-42)53-25-16-23-50-49-22-13-15-26-55(49)62-58(50)53/h7-35,61H,1-6H3. The number of nitrogens with zero attached hydrogens (tertiary/aromatic N) is 1. The number of phenolic OH excluding ortho intramolecular Hbond substituents is 1. The van der Waals surface area contributed by atoms with Gasteiger partial charge in [-0.05, 0) is 93.8 Å². The van der Waals surface area contributed by atoms with Crippen molar-refractivity contribution in [1.82, 2.24) is 0 Å². The Bertz CT molecular complexity index is 3240. The summed E-state index contributed by atoms with van der Waals surface area (Å²) in [7, 11) is 0. The number of anilines is 3. The van der Waals surface area contributed by atoms with Gasteiger partial charge in [-0.2, -0.15) is 0 Å². The van der Waals surface area contributed by atoms with Crippen LogP contribution >= 0.6 is 0 Å². The van der Waals surface area contributed by atoms with Crippen molar-refractivity contribution in [3.63, 3.8) is 0 Å². The highest BCUT2D eigenvalue weighted by Gasteiger charge is 2.31. The number of aryl methyl sites for hydroxylation is 6. The average molecular weight is 802 g/mol. The zero-order valence-corrected chi connectivity index (χ0v) is 36.1. The Morgan fingerprint density at radius 3 is 1.66 bits per heavy atom. The molecule has 0 saturated carbocycles. The number of furan rings is 1. The molecule has 10 rings (SSSR count). The topological polar surface area (TPSA) is 36.6 Å². The highest BCUT2D eigenvalue weighted by molar-refractivity contribution is 6.98. The van der Waals surface area contributed by atoms with Crippen molar-refractivity contribution in [2.45, 2.75) is 41.5 Å². The molecule has 0 amide bonds. The first kappa shape index (κ1) is 38.9. The molecule has 1 aromatic heterocycles. The molecule has 1 N–H and O–H groups in total. The summed E-state index contributed by atoms with van der Waals surface area (Å²) in [5.41, 5.74) is 19.9. The fourth-order valence-corrected chi connectivity index (χ4v) is 10.3. The van der Waals surface area contributed by atoms with Crippen LogP contribution in [0, 0.1) is 41.5 Å². The van der Waals surface area contributed by atoms with E-state index in [-0.39, 0.29) is 12.5 Å². The number of para-hydroxylation sites is 3. The maximum atomic E-state index is 12.3. The summed E-state index contributed by atoms with van der Waals surface area (Å²) in [5.74, 6) is 0.200. The van der Waals surface area contributed by atoms with Crippen molar-refractivity contribution in [2.24, 2.45) is 0 Å². The number of rotatable bonds is 8. The minimum Gasteiger partial charge on any atom is -0.507 e.